The van der Waals surface area contributed by atoms with Crippen LogP contribution in [0.4, 0.5) is 13.2 Å². The van der Waals surface area contributed by atoms with Gasteiger partial charge in [-0.05, 0) is 29.6 Å². The van der Waals surface area contributed by atoms with E-state index in [1.807, 2.05) is 5.38 Å². The first-order valence-electron chi connectivity index (χ1n) is 7.01. The van der Waals surface area contributed by atoms with Crippen molar-refractivity contribution in [1.29, 1.82) is 0 Å². The molecule has 0 atom stereocenters. The van der Waals surface area contributed by atoms with Crippen LogP contribution in [0, 0.1) is 0 Å². The number of rotatable bonds is 5. The number of nitrogens with zero attached hydrogens (tertiary/aromatic N) is 1. The quantitative estimate of drug-likeness (QED) is 0.654. The summed E-state index contributed by atoms with van der Waals surface area (Å²) in [4.78, 5) is 3.95. The van der Waals surface area contributed by atoms with Gasteiger partial charge in [0.1, 0.15) is 6.26 Å². The molecule has 0 aliphatic heterocycles. The first kappa shape index (κ1) is 18.9. The number of oxazole rings is 1. The van der Waals surface area contributed by atoms with Crippen molar-refractivity contribution in [1.82, 2.24) is 9.71 Å². The molecule has 2 aromatic heterocycles. The number of aromatic nitrogens is 1. The summed E-state index contributed by atoms with van der Waals surface area (Å²) < 4.78 is 71.3. The summed E-state index contributed by atoms with van der Waals surface area (Å²) in [5, 5.41) is 1.61. The Morgan fingerprint density at radius 3 is 2.69 bits per heavy atom. The van der Waals surface area contributed by atoms with Crippen LogP contribution in [0.2, 0.25) is 5.02 Å². The van der Waals surface area contributed by atoms with Crippen LogP contribution in [0.15, 0.2) is 51.3 Å². The van der Waals surface area contributed by atoms with Gasteiger partial charge in [-0.15, -0.1) is 11.3 Å². The third-order valence-corrected chi connectivity index (χ3v) is 5.82. The number of thiophene rings is 1. The number of alkyl halides is 3. The highest BCUT2D eigenvalue weighted by Gasteiger charge is 2.37. The van der Waals surface area contributed by atoms with Gasteiger partial charge in [-0.25, -0.2) is 18.1 Å². The average Bonchev–Trinajstić information content (AvgIpc) is 3.23. The van der Waals surface area contributed by atoms with Crippen LogP contribution >= 0.6 is 22.9 Å². The second-order valence-electron chi connectivity index (χ2n) is 5.08. The number of halogens is 4. The van der Waals surface area contributed by atoms with E-state index in [4.69, 9.17) is 16.0 Å². The second-order valence-corrected chi connectivity index (χ2v) is 8.20. The zero-order valence-electron chi connectivity index (χ0n) is 12.7. The molecule has 5 nitrogen and oxygen atoms in total. The lowest BCUT2D eigenvalue weighted by atomic mass is 10.2. The molecule has 0 fully saturated rings. The molecule has 0 spiro atoms. The molecule has 0 unspecified atom stereocenters. The Morgan fingerprint density at radius 2 is 2.04 bits per heavy atom. The van der Waals surface area contributed by atoms with E-state index in [2.05, 4.69) is 9.71 Å². The van der Waals surface area contributed by atoms with E-state index in [0.29, 0.717) is 12.0 Å². The maximum Gasteiger partial charge on any atom is 0.417 e. The molecule has 1 N–H and O–H groups in total. The second kappa shape index (κ2) is 7.03. The summed E-state index contributed by atoms with van der Waals surface area (Å²) in [5.74, 6) is 0.302. The molecular weight excluding hydrogens is 413 g/mol. The van der Waals surface area contributed by atoms with Gasteiger partial charge in [0.25, 0.3) is 0 Å². The maximum atomic E-state index is 13.1. The standard InChI is InChI=1S/C15H10ClF3N2O3S2/c16-9-3-4-13(11(6-9)15(17,18)19)26(22,23)20-7-10-8-24-14(21-10)12-2-1-5-25-12/h1-6,8,20H,7H2. The summed E-state index contributed by atoms with van der Waals surface area (Å²) >= 11 is 6.94. The molecule has 0 aliphatic carbocycles. The van der Waals surface area contributed by atoms with E-state index < -0.39 is 26.7 Å². The normalized spacial score (nSPS) is 12.5. The summed E-state index contributed by atoms with van der Waals surface area (Å²) in [6.07, 6.45) is -3.63. The predicted octanol–water partition coefficient (Wildman–Crippen LogP) is 4.55. The van der Waals surface area contributed by atoms with Crippen molar-refractivity contribution in [2.24, 2.45) is 0 Å². The highest BCUT2D eigenvalue weighted by molar-refractivity contribution is 7.89. The lowest BCUT2D eigenvalue weighted by Crippen LogP contribution is -2.26. The molecule has 0 saturated carbocycles. The predicted molar refractivity (Wildman–Crippen MR) is 90.3 cm³/mol. The molecule has 26 heavy (non-hydrogen) atoms. The van der Waals surface area contributed by atoms with Crippen molar-refractivity contribution in [3.8, 4) is 10.8 Å². The molecule has 1 aromatic carbocycles. The Bertz CT molecular complexity index is 1020. The summed E-state index contributed by atoms with van der Waals surface area (Å²) in [6, 6.07) is 6.03. The minimum Gasteiger partial charge on any atom is -0.444 e. The van der Waals surface area contributed by atoms with E-state index in [0.717, 1.165) is 17.0 Å². The highest BCUT2D eigenvalue weighted by atomic mass is 35.5. The van der Waals surface area contributed by atoms with Crippen molar-refractivity contribution in [2.45, 2.75) is 17.6 Å². The van der Waals surface area contributed by atoms with E-state index in [9.17, 15) is 21.6 Å². The molecule has 3 aromatic rings. The average molecular weight is 423 g/mol. The van der Waals surface area contributed by atoms with Crippen molar-refractivity contribution in [2.75, 3.05) is 0 Å². The number of hydrogen-bond acceptors (Lipinski definition) is 5. The minimum atomic E-state index is -4.87. The largest absolute Gasteiger partial charge is 0.444 e. The van der Waals surface area contributed by atoms with Gasteiger partial charge in [-0.3, -0.25) is 0 Å². The van der Waals surface area contributed by atoms with Crippen LogP contribution in [-0.2, 0) is 22.7 Å². The van der Waals surface area contributed by atoms with Crippen molar-refractivity contribution in [3.05, 3.63) is 58.3 Å². The number of nitrogens with one attached hydrogen (secondary N) is 1. The molecule has 0 bridgehead atoms. The third kappa shape index (κ3) is 4.09. The smallest absolute Gasteiger partial charge is 0.417 e. The number of sulfonamides is 1. The molecular formula is C15H10ClF3N2O3S2. The zero-order chi connectivity index (χ0) is 18.9. The fourth-order valence-electron chi connectivity index (χ4n) is 2.11. The van der Waals surface area contributed by atoms with Gasteiger partial charge in [-0.2, -0.15) is 13.2 Å². The Balaban J connectivity index is 1.82. The van der Waals surface area contributed by atoms with Gasteiger partial charge in [0.15, 0.2) is 0 Å². The lowest BCUT2D eigenvalue weighted by molar-refractivity contribution is -0.139. The Hall–Kier alpha value is -1.88. The summed E-state index contributed by atoms with van der Waals surface area (Å²) in [5.41, 5.74) is -1.10. The number of hydrogen-bond donors (Lipinski definition) is 1. The molecule has 3 rings (SSSR count). The molecule has 11 heteroatoms. The van der Waals surface area contributed by atoms with Gasteiger partial charge in [0, 0.05) is 5.02 Å². The van der Waals surface area contributed by atoms with E-state index in [-0.39, 0.29) is 17.3 Å². The monoisotopic (exact) mass is 422 g/mol. The fraction of sp³-hybridized carbons (Fsp3) is 0.133. The van der Waals surface area contributed by atoms with Crippen LogP contribution in [0.25, 0.3) is 10.8 Å². The zero-order valence-corrected chi connectivity index (χ0v) is 15.1. The number of benzene rings is 1. The minimum absolute atomic E-state index is 0.214. The molecule has 0 amide bonds. The van der Waals surface area contributed by atoms with Crippen molar-refractivity contribution in [3.63, 3.8) is 0 Å². The van der Waals surface area contributed by atoms with Crippen LogP contribution in [0.3, 0.4) is 0 Å². The van der Waals surface area contributed by atoms with Gasteiger partial charge in [0.2, 0.25) is 15.9 Å². The third-order valence-electron chi connectivity index (χ3n) is 3.26. The SMILES string of the molecule is O=S(=O)(NCc1coc(-c2cccs2)n1)c1ccc(Cl)cc1C(F)(F)F. The Labute approximate surface area is 155 Å². The molecule has 138 valence electrons. The van der Waals surface area contributed by atoms with Gasteiger partial charge in [-0.1, -0.05) is 17.7 Å². The summed E-state index contributed by atoms with van der Waals surface area (Å²) in [7, 11) is -4.44. The topological polar surface area (TPSA) is 72.2 Å². The van der Waals surface area contributed by atoms with Crippen LogP contribution < -0.4 is 4.72 Å². The maximum absolute atomic E-state index is 13.1. The molecule has 0 saturated heterocycles. The van der Waals surface area contributed by atoms with Crippen LogP contribution in [0.1, 0.15) is 11.3 Å². The van der Waals surface area contributed by atoms with Gasteiger partial charge >= 0.3 is 6.18 Å². The van der Waals surface area contributed by atoms with Gasteiger partial charge < -0.3 is 4.42 Å². The lowest BCUT2D eigenvalue weighted by Gasteiger charge is -2.13. The van der Waals surface area contributed by atoms with Crippen LogP contribution in [-0.4, -0.2) is 13.4 Å². The van der Waals surface area contributed by atoms with Crippen molar-refractivity contribution < 1.29 is 26.0 Å². The summed E-state index contributed by atoms with van der Waals surface area (Å²) in [6.45, 7) is -0.322. The molecule has 0 aliphatic rings. The van der Waals surface area contributed by atoms with E-state index in [1.54, 1.807) is 12.1 Å². The Morgan fingerprint density at radius 1 is 1.27 bits per heavy atom. The first-order chi connectivity index (χ1) is 12.2. The van der Waals surface area contributed by atoms with E-state index >= 15 is 0 Å². The van der Waals surface area contributed by atoms with Crippen LogP contribution in [0.5, 0.6) is 0 Å². The molecule has 0 radical (unpaired) electrons. The van der Waals surface area contributed by atoms with E-state index in [1.165, 1.54) is 17.6 Å². The van der Waals surface area contributed by atoms with Gasteiger partial charge in [0.05, 0.1) is 27.6 Å². The Kier molecular flexibility index (Phi) is 5.11. The molecule has 2 heterocycles. The highest BCUT2D eigenvalue weighted by Crippen LogP contribution is 2.35. The fourth-order valence-corrected chi connectivity index (χ4v) is 4.14. The van der Waals surface area contributed by atoms with Crippen molar-refractivity contribution >= 4 is 33.0 Å². The first-order valence-corrected chi connectivity index (χ1v) is 9.75.